The first-order chi connectivity index (χ1) is 16.7. The van der Waals surface area contributed by atoms with E-state index in [0.29, 0.717) is 25.6 Å². The molecule has 0 bridgehead atoms. The van der Waals surface area contributed by atoms with Crippen molar-refractivity contribution in [2.24, 2.45) is 5.92 Å². The van der Waals surface area contributed by atoms with Gasteiger partial charge in [0.2, 0.25) is 11.8 Å². The quantitative estimate of drug-likeness (QED) is 0.569. The number of piperazine rings is 1. The summed E-state index contributed by atoms with van der Waals surface area (Å²) in [5.41, 5.74) is 1.07. The summed E-state index contributed by atoms with van der Waals surface area (Å²) in [6.07, 6.45) is 8.60. The van der Waals surface area contributed by atoms with E-state index in [1.807, 2.05) is 35.2 Å². The second-order valence-electron chi connectivity index (χ2n) is 10.1. The summed E-state index contributed by atoms with van der Waals surface area (Å²) in [6, 6.07) is 9.88. The molecule has 1 atom stereocenters. The molecule has 2 amide bonds. The summed E-state index contributed by atoms with van der Waals surface area (Å²) in [7, 11) is 0. The van der Waals surface area contributed by atoms with E-state index < -0.39 is 0 Å². The SMILES string of the molecule is O=C(NCCN1CCCCC1)[C@@H](C1CCCC1)N1CCN(C(=O)COCc2ccccc2)CC1. The van der Waals surface area contributed by atoms with Gasteiger partial charge in [-0.05, 0) is 50.3 Å². The van der Waals surface area contributed by atoms with Crippen LogP contribution in [0.15, 0.2) is 30.3 Å². The van der Waals surface area contributed by atoms with E-state index in [1.54, 1.807) is 0 Å². The van der Waals surface area contributed by atoms with E-state index in [0.717, 1.165) is 57.7 Å². The number of nitrogens with one attached hydrogen (secondary N) is 1. The van der Waals surface area contributed by atoms with Gasteiger partial charge in [0, 0.05) is 39.3 Å². The van der Waals surface area contributed by atoms with Gasteiger partial charge in [-0.2, -0.15) is 0 Å². The number of hydrogen-bond donors (Lipinski definition) is 1. The Morgan fingerprint density at radius 1 is 0.912 bits per heavy atom. The monoisotopic (exact) mass is 470 g/mol. The van der Waals surface area contributed by atoms with Crippen LogP contribution in [0.4, 0.5) is 0 Å². The number of carbonyl (C=O) groups excluding carboxylic acids is 2. The fourth-order valence-electron chi connectivity index (χ4n) is 5.75. The Hall–Kier alpha value is -1.96. The molecular formula is C27H42N4O3. The molecular weight excluding hydrogens is 428 g/mol. The number of carbonyl (C=O) groups is 2. The molecule has 4 rings (SSSR count). The minimum absolute atomic E-state index is 0.0407. The molecule has 3 fully saturated rings. The van der Waals surface area contributed by atoms with Gasteiger partial charge in [0.05, 0.1) is 12.6 Å². The number of piperidine rings is 1. The maximum atomic E-state index is 13.3. The largest absolute Gasteiger partial charge is 0.367 e. The highest BCUT2D eigenvalue weighted by Crippen LogP contribution is 2.31. The summed E-state index contributed by atoms with van der Waals surface area (Å²) in [5.74, 6) is 0.667. The average Bonchev–Trinajstić information content (AvgIpc) is 3.40. The van der Waals surface area contributed by atoms with Gasteiger partial charge in [-0.3, -0.25) is 14.5 Å². The Labute approximate surface area is 204 Å². The fraction of sp³-hybridized carbons (Fsp3) is 0.704. The van der Waals surface area contributed by atoms with Crippen molar-refractivity contribution in [3.8, 4) is 0 Å². The average molecular weight is 471 g/mol. The molecule has 34 heavy (non-hydrogen) atoms. The van der Waals surface area contributed by atoms with Crippen LogP contribution in [0.5, 0.6) is 0 Å². The molecule has 2 aliphatic heterocycles. The summed E-state index contributed by atoms with van der Waals surface area (Å²) < 4.78 is 5.65. The Kier molecular flexibility index (Phi) is 9.77. The predicted molar refractivity (Wildman–Crippen MR) is 133 cm³/mol. The normalized spacial score (nSPS) is 21.5. The first kappa shape index (κ1) is 25.1. The molecule has 0 aromatic heterocycles. The minimum Gasteiger partial charge on any atom is -0.367 e. The number of nitrogens with zero attached hydrogens (tertiary/aromatic N) is 3. The molecule has 1 aliphatic carbocycles. The number of rotatable bonds is 10. The van der Waals surface area contributed by atoms with Gasteiger partial charge in [-0.15, -0.1) is 0 Å². The minimum atomic E-state index is -0.0598. The van der Waals surface area contributed by atoms with Crippen molar-refractivity contribution in [2.45, 2.75) is 57.6 Å². The molecule has 0 unspecified atom stereocenters. The van der Waals surface area contributed by atoms with Gasteiger partial charge >= 0.3 is 0 Å². The predicted octanol–water partition coefficient (Wildman–Crippen LogP) is 2.51. The fourth-order valence-corrected chi connectivity index (χ4v) is 5.75. The molecule has 0 radical (unpaired) electrons. The van der Waals surface area contributed by atoms with E-state index >= 15 is 0 Å². The molecule has 0 spiro atoms. The van der Waals surface area contributed by atoms with Crippen LogP contribution in [-0.4, -0.2) is 91.5 Å². The van der Waals surface area contributed by atoms with E-state index in [2.05, 4.69) is 15.1 Å². The number of amides is 2. The lowest BCUT2D eigenvalue weighted by Crippen LogP contribution is -2.58. The Bertz CT molecular complexity index is 754. The summed E-state index contributed by atoms with van der Waals surface area (Å²) >= 11 is 0. The molecule has 7 heteroatoms. The topological polar surface area (TPSA) is 65.1 Å². The highest BCUT2D eigenvalue weighted by Gasteiger charge is 2.37. The molecule has 3 aliphatic rings. The van der Waals surface area contributed by atoms with Crippen LogP contribution >= 0.6 is 0 Å². The zero-order chi connectivity index (χ0) is 23.6. The van der Waals surface area contributed by atoms with Crippen molar-refractivity contribution in [1.29, 1.82) is 0 Å². The second-order valence-corrected chi connectivity index (χ2v) is 10.1. The smallest absolute Gasteiger partial charge is 0.248 e. The molecule has 1 N–H and O–H groups in total. The van der Waals surface area contributed by atoms with Gasteiger partial charge in [0.15, 0.2) is 0 Å². The third-order valence-corrected chi connectivity index (χ3v) is 7.69. The molecule has 188 valence electrons. The zero-order valence-electron chi connectivity index (χ0n) is 20.6. The van der Waals surface area contributed by atoms with Crippen molar-refractivity contribution in [3.05, 3.63) is 35.9 Å². The van der Waals surface area contributed by atoms with Gasteiger partial charge in [0.25, 0.3) is 0 Å². The summed E-state index contributed by atoms with van der Waals surface area (Å²) in [6.45, 7) is 7.41. The highest BCUT2D eigenvalue weighted by atomic mass is 16.5. The second kappa shape index (κ2) is 13.2. The number of ether oxygens (including phenoxy) is 1. The summed E-state index contributed by atoms with van der Waals surface area (Å²) in [4.78, 5) is 32.6. The Morgan fingerprint density at radius 2 is 1.62 bits per heavy atom. The van der Waals surface area contributed by atoms with E-state index in [4.69, 9.17) is 4.74 Å². The highest BCUT2D eigenvalue weighted by molar-refractivity contribution is 5.82. The number of hydrogen-bond acceptors (Lipinski definition) is 5. The van der Waals surface area contributed by atoms with E-state index in [-0.39, 0.29) is 24.5 Å². The van der Waals surface area contributed by atoms with E-state index in [9.17, 15) is 9.59 Å². The Balaban J connectivity index is 1.22. The van der Waals surface area contributed by atoms with Crippen LogP contribution in [0, 0.1) is 5.92 Å². The van der Waals surface area contributed by atoms with Crippen LogP contribution in [0.1, 0.15) is 50.5 Å². The van der Waals surface area contributed by atoms with Crippen LogP contribution < -0.4 is 5.32 Å². The van der Waals surface area contributed by atoms with Crippen LogP contribution in [0.2, 0.25) is 0 Å². The van der Waals surface area contributed by atoms with Gasteiger partial charge in [-0.25, -0.2) is 0 Å². The lowest BCUT2D eigenvalue weighted by molar-refractivity contribution is -0.139. The van der Waals surface area contributed by atoms with Crippen molar-refractivity contribution in [3.63, 3.8) is 0 Å². The maximum absolute atomic E-state index is 13.3. The van der Waals surface area contributed by atoms with Gasteiger partial charge < -0.3 is 19.9 Å². The molecule has 1 aromatic rings. The summed E-state index contributed by atoms with van der Waals surface area (Å²) in [5, 5.41) is 3.26. The van der Waals surface area contributed by atoms with Crippen molar-refractivity contribution in [1.82, 2.24) is 20.0 Å². The molecule has 1 aromatic carbocycles. The zero-order valence-corrected chi connectivity index (χ0v) is 20.6. The van der Waals surface area contributed by atoms with Crippen LogP contribution in [-0.2, 0) is 20.9 Å². The lowest BCUT2D eigenvalue weighted by Gasteiger charge is -2.40. The van der Waals surface area contributed by atoms with Gasteiger partial charge in [-0.1, -0.05) is 49.6 Å². The Morgan fingerprint density at radius 3 is 2.32 bits per heavy atom. The van der Waals surface area contributed by atoms with E-state index in [1.165, 1.54) is 32.1 Å². The molecule has 1 saturated carbocycles. The van der Waals surface area contributed by atoms with Gasteiger partial charge in [0.1, 0.15) is 6.61 Å². The maximum Gasteiger partial charge on any atom is 0.248 e. The lowest BCUT2D eigenvalue weighted by atomic mass is 9.95. The van der Waals surface area contributed by atoms with Crippen LogP contribution in [0.3, 0.4) is 0 Å². The van der Waals surface area contributed by atoms with Crippen molar-refractivity contribution >= 4 is 11.8 Å². The molecule has 2 heterocycles. The van der Waals surface area contributed by atoms with Crippen molar-refractivity contribution in [2.75, 3.05) is 59.0 Å². The first-order valence-corrected chi connectivity index (χ1v) is 13.3. The number of likely N-dealkylation sites (tertiary alicyclic amines) is 1. The van der Waals surface area contributed by atoms with Crippen LogP contribution in [0.25, 0.3) is 0 Å². The number of benzene rings is 1. The molecule has 2 saturated heterocycles. The third-order valence-electron chi connectivity index (χ3n) is 7.69. The molecule has 7 nitrogen and oxygen atoms in total. The first-order valence-electron chi connectivity index (χ1n) is 13.3. The standard InChI is InChI=1S/C27H42N4O3/c32-25(22-34-21-23-9-3-1-4-10-23)30-17-19-31(20-18-30)26(24-11-5-6-12-24)27(33)28-13-16-29-14-7-2-8-15-29/h1,3-4,9-10,24,26H,2,5-8,11-22H2,(H,28,33)/t26-/m1/s1. The third kappa shape index (κ3) is 7.27. The van der Waals surface area contributed by atoms with Crippen molar-refractivity contribution < 1.29 is 14.3 Å².